The van der Waals surface area contributed by atoms with Gasteiger partial charge < -0.3 is 9.32 Å². The van der Waals surface area contributed by atoms with Crippen LogP contribution in [0.3, 0.4) is 0 Å². The van der Waals surface area contributed by atoms with Crippen molar-refractivity contribution in [1.82, 2.24) is 4.98 Å². The molecular formula is C21H19Cl3N2O3S. The van der Waals surface area contributed by atoms with Crippen LogP contribution in [0.25, 0.3) is 11.5 Å². The largest absolute Gasteiger partial charge is 0.419 e. The monoisotopic (exact) mass is 484 g/mol. The molecule has 4 rings (SSSR count). The maximum absolute atomic E-state index is 13.4. The van der Waals surface area contributed by atoms with Crippen molar-refractivity contribution in [3.8, 4) is 11.5 Å². The number of aromatic nitrogens is 1. The first-order valence-electron chi connectivity index (χ1n) is 9.58. The van der Waals surface area contributed by atoms with E-state index >= 15 is 0 Å². The summed E-state index contributed by atoms with van der Waals surface area (Å²) in [5.41, 5.74) is 0.481. The molecule has 1 aromatic heterocycles. The number of rotatable bonds is 4. The molecule has 2 aromatic carbocycles. The van der Waals surface area contributed by atoms with Crippen molar-refractivity contribution in [3.05, 3.63) is 57.5 Å². The van der Waals surface area contributed by atoms with Crippen molar-refractivity contribution in [3.63, 3.8) is 0 Å². The minimum absolute atomic E-state index is 0.102. The average molecular weight is 486 g/mol. The summed E-state index contributed by atoms with van der Waals surface area (Å²) in [5, 5.41) is 1.14. The number of benzene rings is 2. The van der Waals surface area contributed by atoms with Crippen LogP contribution >= 0.6 is 34.8 Å². The summed E-state index contributed by atoms with van der Waals surface area (Å²) in [6.45, 7) is 1.40. The van der Waals surface area contributed by atoms with Crippen molar-refractivity contribution in [1.29, 1.82) is 0 Å². The molecule has 1 aliphatic heterocycles. The fourth-order valence-electron chi connectivity index (χ4n) is 3.45. The van der Waals surface area contributed by atoms with Crippen molar-refractivity contribution in [2.45, 2.75) is 35.6 Å². The summed E-state index contributed by atoms with van der Waals surface area (Å²) >= 11 is 18.3. The molecule has 9 heteroatoms. The summed E-state index contributed by atoms with van der Waals surface area (Å²) in [4.78, 5) is 6.45. The van der Waals surface area contributed by atoms with Crippen LogP contribution in [0.1, 0.15) is 25.7 Å². The van der Waals surface area contributed by atoms with Crippen LogP contribution in [-0.2, 0) is 9.84 Å². The van der Waals surface area contributed by atoms with Gasteiger partial charge in [0.1, 0.15) is 0 Å². The highest BCUT2D eigenvalue weighted by Crippen LogP contribution is 2.38. The molecule has 1 saturated heterocycles. The third-order valence-electron chi connectivity index (χ3n) is 5.01. The Balaban J connectivity index is 1.87. The predicted molar refractivity (Wildman–Crippen MR) is 120 cm³/mol. The molecule has 30 heavy (non-hydrogen) atoms. The quantitative estimate of drug-likeness (QED) is 0.421. The Bertz CT molecular complexity index is 1150. The van der Waals surface area contributed by atoms with Crippen LogP contribution in [0.2, 0.25) is 15.1 Å². The van der Waals surface area contributed by atoms with Gasteiger partial charge in [-0.3, -0.25) is 0 Å². The maximum Gasteiger partial charge on any atom is 0.236 e. The molecule has 158 valence electrons. The predicted octanol–water partition coefficient (Wildman–Crippen LogP) is 6.52. The van der Waals surface area contributed by atoms with Gasteiger partial charge in [-0.05, 0) is 55.3 Å². The van der Waals surface area contributed by atoms with E-state index < -0.39 is 9.84 Å². The minimum atomic E-state index is -3.93. The fourth-order valence-corrected chi connectivity index (χ4v) is 5.39. The summed E-state index contributed by atoms with van der Waals surface area (Å²) in [6.07, 6.45) is 4.11. The molecule has 1 aliphatic rings. The molecule has 3 aromatic rings. The van der Waals surface area contributed by atoms with Crippen molar-refractivity contribution >= 4 is 50.5 Å². The highest BCUT2D eigenvalue weighted by molar-refractivity contribution is 7.91. The van der Waals surface area contributed by atoms with Gasteiger partial charge in [0.15, 0.2) is 0 Å². The average Bonchev–Trinajstić information content (AvgIpc) is 2.97. The number of nitrogens with zero attached hydrogens (tertiary/aromatic N) is 2. The zero-order valence-corrected chi connectivity index (χ0v) is 19.0. The Labute approximate surface area is 190 Å². The second-order valence-corrected chi connectivity index (χ2v) is 10.3. The Morgan fingerprint density at radius 1 is 0.867 bits per heavy atom. The Hall–Kier alpha value is -1.73. The number of sulfone groups is 1. The molecule has 0 aliphatic carbocycles. The van der Waals surface area contributed by atoms with Crippen molar-refractivity contribution in [2.75, 3.05) is 18.0 Å². The van der Waals surface area contributed by atoms with E-state index in [9.17, 15) is 8.42 Å². The molecule has 0 radical (unpaired) electrons. The number of hydrogen-bond acceptors (Lipinski definition) is 5. The number of halogens is 3. The minimum Gasteiger partial charge on any atom is -0.419 e. The van der Waals surface area contributed by atoms with Gasteiger partial charge in [-0.15, -0.1) is 0 Å². The third-order valence-corrected chi connectivity index (χ3v) is 7.48. The standard InChI is InChI=1S/C21H19Cl3N2O3S/c22-14-5-8-16(9-6-14)30(27,28)20-21(26-11-3-1-2-4-12-26)29-19(25-20)17-10-7-15(23)13-18(17)24/h5-10,13H,1-4,11-12H2. The molecule has 0 atom stereocenters. The molecule has 0 bridgehead atoms. The molecule has 0 N–H and O–H groups in total. The van der Waals surface area contributed by atoms with Gasteiger partial charge >= 0.3 is 0 Å². The molecule has 0 unspecified atom stereocenters. The van der Waals surface area contributed by atoms with Gasteiger partial charge in [-0.2, -0.15) is 4.98 Å². The van der Waals surface area contributed by atoms with Crippen molar-refractivity contribution in [2.24, 2.45) is 0 Å². The highest BCUT2D eigenvalue weighted by Gasteiger charge is 2.32. The van der Waals surface area contributed by atoms with E-state index in [2.05, 4.69) is 4.98 Å². The first kappa shape index (κ1) is 21.5. The number of oxazole rings is 1. The molecule has 1 fully saturated rings. The first-order valence-corrected chi connectivity index (χ1v) is 12.2. The van der Waals surface area contributed by atoms with Gasteiger partial charge in [0.05, 0.1) is 15.5 Å². The fraction of sp³-hybridized carbons (Fsp3) is 0.286. The molecule has 0 saturated carbocycles. The summed E-state index contributed by atoms with van der Waals surface area (Å²) in [5.74, 6) is 0.385. The van der Waals surface area contributed by atoms with E-state index in [1.165, 1.54) is 24.3 Å². The zero-order chi connectivity index (χ0) is 21.3. The van der Waals surface area contributed by atoms with E-state index in [0.29, 0.717) is 33.7 Å². The van der Waals surface area contributed by atoms with E-state index in [1.807, 2.05) is 4.90 Å². The molecular weight excluding hydrogens is 467 g/mol. The zero-order valence-electron chi connectivity index (χ0n) is 15.9. The summed E-state index contributed by atoms with van der Waals surface area (Å²) < 4.78 is 32.9. The van der Waals surface area contributed by atoms with Crippen molar-refractivity contribution < 1.29 is 12.8 Å². The third kappa shape index (κ3) is 4.33. The van der Waals surface area contributed by atoms with Crippen LogP contribution in [-0.4, -0.2) is 26.5 Å². The number of hydrogen-bond donors (Lipinski definition) is 0. The smallest absolute Gasteiger partial charge is 0.236 e. The van der Waals surface area contributed by atoms with Crippen LogP contribution in [0.4, 0.5) is 5.88 Å². The van der Waals surface area contributed by atoms with Gasteiger partial charge in [0.2, 0.25) is 26.6 Å². The van der Waals surface area contributed by atoms with Gasteiger partial charge in [-0.25, -0.2) is 8.42 Å². The van der Waals surface area contributed by atoms with Crippen LogP contribution < -0.4 is 4.90 Å². The lowest BCUT2D eigenvalue weighted by atomic mass is 10.2. The van der Waals surface area contributed by atoms with Crippen LogP contribution in [0, 0.1) is 0 Å². The topological polar surface area (TPSA) is 63.4 Å². The Morgan fingerprint density at radius 3 is 2.13 bits per heavy atom. The molecule has 0 spiro atoms. The second kappa shape index (κ2) is 8.79. The molecule has 0 amide bonds. The number of anilines is 1. The first-order chi connectivity index (χ1) is 14.4. The normalized spacial score (nSPS) is 15.2. The highest BCUT2D eigenvalue weighted by atomic mass is 35.5. The van der Waals surface area contributed by atoms with E-state index in [0.717, 1.165) is 25.7 Å². The van der Waals surface area contributed by atoms with Gasteiger partial charge in [0, 0.05) is 23.1 Å². The Kier molecular flexibility index (Phi) is 6.30. The van der Waals surface area contributed by atoms with Crippen LogP contribution in [0.5, 0.6) is 0 Å². The van der Waals surface area contributed by atoms with E-state index in [-0.39, 0.29) is 21.7 Å². The summed E-state index contributed by atoms with van der Waals surface area (Å²) in [6, 6.07) is 10.9. The Morgan fingerprint density at radius 2 is 1.50 bits per heavy atom. The lowest BCUT2D eigenvalue weighted by Crippen LogP contribution is -2.25. The summed E-state index contributed by atoms with van der Waals surface area (Å²) in [7, 11) is -3.93. The van der Waals surface area contributed by atoms with E-state index in [1.54, 1.807) is 18.2 Å². The lowest BCUT2D eigenvalue weighted by molar-refractivity contribution is 0.543. The molecule has 2 heterocycles. The second-order valence-electron chi connectivity index (χ2n) is 7.11. The maximum atomic E-state index is 13.4. The van der Waals surface area contributed by atoms with Crippen LogP contribution in [0.15, 0.2) is 56.8 Å². The van der Waals surface area contributed by atoms with Gasteiger partial charge in [-0.1, -0.05) is 47.6 Å². The van der Waals surface area contributed by atoms with Gasteiger partial charge in [0.25, 0.3) is 0 Å². The lowest BCUT2D eigenvalue weighted by Gasteiger charge is -2.20. The SMILES string of the molecule is O=S(=O)(c1ccc(Cl)cc1)c1nc(-c2ccc(Cl)cc2Cl)oc1N1CCCCCC1. The van der Waals surface area contributed by atoms with E-state index in [4.69, 9.17) is 39.2 Å². The molecule has 5 nitrogen and oxygen atoms in total.